The number of anilines is 1. The van der Waals surface area contributed by atoms with Crippen molar-refractivity contribution in [3.05, 3.63) is 101 Å². The molecule has 1 heterocycles. The minimum absolute atomic E-state index is 0.0753. The third-order valence-corrected chi connectivity index (χ3v) is 6.00. The van der Waals surface area contributed by atoms with Crippen LogP contribution in [0.2, 0.25) is 0 Å². The van der Waals surface area contributed by atoms with Gasteiger partial charge in [-0.15, -0.1) is 0 Å². The van der Waals surface area contributed by atoms with E-state index < -0.39 is 17.7 Å². The molecule has 5 heteroatoms. The number of rotatable bonds is 7. The van der Waals surface area contributed by atoms with Crippen molar-refractivity contribution in [3.63, 3.8) is 0 Å². The first-order valence-corrected chi connectivity index (χ1v) is 11.6. The van der Waals surface area contributed by atoms with Crippen LogP contribution in [0.5, 0.6) is 5.75 Å². The summed E-state index contributed by atoms with van der Waals surface area (Å²) in [6, 6.07) is 23.1. The Morgan fingerprint density at radius 3 is 2.18 bits per heavy atom. The van der Waals surface area contributed by atoms with Gasteiger partial charge in [0.25, 0.3) is 11.7 Å². The molecule has 1 unspecified atom stereocenters. The normalized spacial score (nSPS) is 17.4. The number of carbonyl (C=O) groups is 2. The zero-order valence-corrected chi connectivity index (χ0v) is 19.7. The van der Waals surface area contributed by atoms with Gasteiger partial charge in [0.1, 0.15) is 11.5 Å². The van der Waals surface area contributed by atoms with Gasteiger partial charge in [-0.2, -0.15) is 0 Å². The second kappa shape index (κ2) is 9.96. The molecule has 0 radical (unpaired) electrons. The Bertz CT molecular complexity index is 1200. The number of ether oxygens (including phenoxy) is 1. The first-order valence-electron chi connectivity index (χ1n) is 11.6. The Labute approximate surface area is 200 Å². The summed E-state index contributed by atoms with van der Waals surface area (Å²) in [7, 11) is 0. The smallest absolute Gasteiger partial charge is 0.300 e. The van der Waals surface area contributed by atoms with Crippen LogP contribution < -0.4 is 9.64 Å². The monoisotopic (exact) mass is 455 g/mol. The molecule has 0 aliphatic carbocycles. The van der Waals surface area contributed by atoms with Crippen molar-refractivity contribution in [2.24, 2.45) is 0 Å². The molecule has 1 fully saturated rings. The van der Waals surface area contributed by atoms with Crippen molar-refractivity contribution in [2.75, 3.05) is 11.5 Å². The fraction of sp³-hybridized carbons (Fsp3) is 0.241. The van der Waals surface area contributed by atoms with Gasteiger partial charge in [0, 0.05) is 11.3 Å². The average molecular weight is 456 g/mol. The molecule has 0 saturated carbocycles. The number of aliphatic hydroxyl groups excluding tert-OH is 1. The van der Waals surface area contributed by atoms with Crippen LogP contribution in [-0.2, 0) is 9.59 Å². The van der Waals surface area contributed by atoms with Gasteiger partial charge in [-0.3, -0.25) is 14.5 Å². The van der Waals surface area contributed by atoms with Gasteiger partial charge in [0.2, 0.25) is 0 Å². The topological polar surface area (TPSA) is 66.8 Å². The maximum Gasteiger partial charge on any atom is 0.300 e. The van der Waals surface area contributed by atoms with Crippen molar-refractivity contribution in [2.45, 2.75) is 39.2 Å². The van der Waals surface area contributed by atoms with E-state index in [2.05, 4.69) is 13.8 Å². The summed E-state index contributed by atoms with van der Waals surface area (Å²) in [5.41, 5.74) is 3.04. The lowest BCUT2D eigenvalue weighted by molar-refractivity contribution is -0.132. The van der Waals surface area contributed by atoms with Crippen molar-refractivity contribution in [1.29, 1.82) is 0 Å². The lowest BCUT2D eigenvalue weighted by atomic mass is 9.95. The molecular weight excluding hydrogens is 426 g/mol. The van der Waals surface area contributed by atoms with Gasteiger partial charge in [0.15, 0.2) is 0 Å². The van der Waals surface area contributed by atoms with E-state index in [0.717, 1.165) is 17.5 Å². The molecule has 34 heavy (non-hydrogen) atoms. The minimum atomic E-state index is -0.734. The van der Waals surface area contributed by atoms with E-state index >= 15 is 0 Å². The zero-order chi connectivity index (χ0) is 24.2. The number of hydrogen-bond acceptors (Lipinski definition) is 4. The van der Waals surface area contributed by atoms with Gasteiger partial charge < -0.3 is 9.84 Å². The van der Waals surface area contributed by atoms with Crippen LogP contribution in [0.15, 0.2) is 84.4 Å². The van der Waals surface area contributed by atoms with E-state index in [1.165, 1.54) is 4.90 Å². The SMILES string of the molecule is CCCOc1ccc(/C(O)=C2\C(=O)C(=O)N(c3ccc(C(C)C)cc3)C2c2ccccc2)cc1. The van der Waals surface area contributed by atoms with Gasteiger partial charge in [-0.05, 0) is 59.9 Å². The summed E-state index contributed by atoms with van der Waals surface area (Å²) in [5, 5.41) is 11.2. The van der Waals surface area contributed by atoms with E-state index in [-0.39, 0.29) is 11.3 Å². The predicted octanol–water partition coefficient (Wildman–Crippen LogP) is 6.23. The Hall–Kier alpha value is -3.86. The van der Waals surface area contributed by atoms with E-state index in [0.29, 0.717) is 29.5 Å². The number of Topliss-reactive ketones (excluding diaryl/α,β-unsaturated/α-hetero) is 1. The maximum absolute atomic E-state index is 13.2. The highest BCUT2D eigenvalue weighted by Crippen LogP contribution is 2.42. The number of hydrogen-bond donors (Lipinski definition) is 1. The van der Waals surface area contributed by atoms with Crippen molar-refractivity contribution in [3.8, 4) is 5.75 Å². The van der Waals surface area contributed by atoms with Gasteiger partial charge in [-0.25, -0.2) is 0 Å². The Morgan fingerprint density at radius 2 is 1.59 bits per heavy atom. The quantitative estimate of drug-likeness (QED) is 0.261. The molecule has 174 valence electrons. The van der Waals surface area contributed by atoms with Crippen LogP contribution in [0, 0.1) is 0 Å². The molecule has 1 saturated heterocycles. The first-order chi connectivity index (χ1) is 16.4. The summed E-state index contributed by atoms with van der Waals surface area (Å²) >= 11 is 0. The molecule has 3 aromatic carbocycles. The molecule has 1 N–H and O–H groups in total. The minimum Gasteiger partial charge on any atom is -0.507 e. The number of ketones is 1. The Balaban J connectivity index is 1.81. The van der Waals surface area contributed by atoms with Crippen LogP contribution in [-0.4, -0.2) is 23.4 Å². The van der Waals surface area contributed by atoms with Crippen LogP contribution >= 0.6 is 0 Å². The molecule has 0 spiro atoms. The molecule has 1 atom stereocenters. The Kier molecular flexibility index (Phi) is 6.82. The molecule has 0 bridgehead atoms. The average Bonchev–Trinajstić information content (AvgIpc) is 3.13. The summed E-state index contributed by atoms with van der Waals surface area (Å²) in [6.07, 6.45) is 0.889. The number of benzene rings is 3. The first kappa shape index (κ1) is 23.3. The largest absolute Gasteiger partial charge is 0.507 e. The van der Waals surface area contributed by atoms with Crippen molar-refractivity contribution < 1.29 is 19.4 Å². The number of nitrogens with zero attached hydrogens (tertiary/aromatic N) is 1. The summed E-state index contributed by atoms with van der Waals surface area (Å²) < 4.78 is 5.62. The lowest BCUT2D eigenvalue weighted by Gasteiger charge is -2.25. The highest BCUT2D eigenvalue weighted by Gasteiger charge is 2.46. The summed E-state index contributed by atoms with van der Waals surface area (Å²) in [6.45, 7) is 6.83. The summed E-state index contributed by atoms with van der Waals surface area (Å²) in [5.74, 6) is -0.529. The third-order valence-electron chi connectivity index (χ3n) is 6.00. The van der Waals surface area contributed by atoms with E-state index in [1.807, 2.05) is 61.5 Å². The molecule has 5 nitrogen and oxygen atoms in total. The Morgan fingerprint density at radius 1 is 0.941 bits per heavy atom. The second-order valence-electron chi connectivity index (χ2n) is 8.70. The molecule has 4 rings (SSSR count). The lowest BCUT2D eigenvalue weighted by Crippen LogP contribution is -2.29. The highest BCUT2D eigenvalue weighted by molar-refractivity contribution is 6.51. The van der Waals surface area contributed by atoms with E-state index in [9.17, 15) is 14.7 Å². The van der Waals surface area contributed by atoms with E-state index in [1.54, 1.807) is 24.3 Å². The number of aliphatic hydroxyl groups is 1. The van der Waals surface area contributed by atoms with Crippen molar-refractivity contribution >= 4 is 23.1 Å². The van der Waals surface area contributed by atoms with Crippen LogP contribution in [0.1, 0.15) is 55.8 Å². The fourth-order valence-electron chi connectivity index (χ4n) is 4.15. The molecule has 1 aliphatic heterocycles. The molecular formula is C29H29NO4. The van der Waals surface area contributed by atoms with Gasteiger partial charge in [-0.1, -0.05) is 63.2 Å². The van der Waals surface area contributed by atoms with Crippen molar-refractivity contribution in [1.82, 2.24) is 0 Å². The molecule has 3 aromatic rings. The van der Waals surface area contributed by atoms with Gasteiger partial charge >= 0.3 is 0 Å². The van der Waals surface area contributed by atoms with Crippen LogP contribution in [0.3, 0.4) is 0 Å². The van der Waals surface area contributed by atoms with E-state index in [4.69, 9.17) is 4.74 Å². The molecule has 0 aromatic heterocycles. The second-order valence-corrected chi connectivity index (χ2v) is 8.70. The summed E-state index contributed by atoms with van der Waals surface area (Å²) in [4.78, 5) is 28.0. The van der Waals surface area contributed by atoms with Crippen LogP contribution in [0.4, 0.5) is 5.69 Å². The zero-order valence-electron chi connectivity index (χ0n) is 19.7. The van der Waals surface area contributed by atoms with Gasteiger partial charge in [0.05, 0.1) is 18.2 Å². The standard InChI is InChI=1S/C29H29NO4/c1-4-18-34-24-16-12-22(13-17-24)27(31)25-26(21-8-6-5-7-9-21)30(29(33)28(25)32)23-14-10-20(11-15-23)19(2)3/h5-17,19,26,31H,4,18H2,1-3H3/b27-25+. The number of carbonyl (C=O) groups excluding carboxylic acids is 2. The number of amides is 1. The molecule has 1 amide bonds. The molecule has 1 aliphatic rings. The highest BCUT2D eigenvalue weighted by atomic mass is 16.5. The maximum atomic E-state index is 13.2. The predicted molar refractivity (Wildman–Crippen MR) is 134 cm³/mol. The van der Waals surface area contributed by atoms with Crippen LogP contribution in [0.25, 0.3) is 5.76 Å². The fourth-order valence-corrected chi connectivity index (χ4v) is 4.15. The third kappa shape index (κ3) is 4.46.